The highest BCUT2D eigenvalue weighted by Gasteiger charge is 2.26. The average molecular weight is 826 g/mol. The van der Waals surface area contributed by atoms with Gasteiger partial charge in [-0.1, -0.05) is 12.1 Å². The number of carbonyl (C=O) groups excluding carboxylic acids is 4. The fourth-order valence-electron chi connectivity index (χ4n) is 2.65. The molecule has 0 saturated carbocycles. The van der Waals surface area contributed by atoms with Gasteiger partial charge in [-0.3, -0.25) is 4.79 Å². The van der Waals surface area contributed by atoms with Gasteiger partial charge in [0, 0.05) is 28.3 Å². The van der Waals surface area contributed by atoms with Crippen molar-refractivity contribution in [3.05, 3.63) is 73.2 Å². The number of carbonyl (C=O) groups is 4. The van der Waals surface area contributed by atoms with Crippen LogP contribution < -0.4 is 0 Å². The molecule has 2 aromatic rings. The van der Waals surface area contributed by atoms with Gasteiger partial charge in [-0.2, -0.15) is 16.8 Å². The lowest BCUT2D eigenvalue weighted by molar-refractivity contribution is -0.152. The molecule has 0 atom stereocenters. The number of ether oxygens (including phenoxy) is 3. The molecule has 0 bridgehead atoms. The molecule has 0 radical (unpaired) electrons. The van der Waals surface area contributed by atoms with Crippen molar-refractivity contribution < 1.29 is 75.4 Å². The highest BCUT2D eigenvalue weighted by Crippen LogP contribution is 2.23. The second kappa shape index (κ2) is 20.0. The lowest BCUT2D eigenvalue weighted by Crippen LogP contribution is -2.16. The van der Waals surface area contributed by atoms with Gasteiger partial charge in [-0.25, -0.2) is 31.2 Å². The van der Waals surface area contributed by atoms with E-state index in [2.05, 4.69) is 35.7 Å². The molecular formula is C27H30Cl2O17S4. The van der Waals surface area contributed by atoms with E-state index in [0.717, 1.165) is 24.3 Å². The Labute approximate surface area is 297 Å². The zero-order valence-corrected chi connectivity index (χ0v) is 31.3. The monoisotopic (exact) mass is 824 g/mol. The zero-order valence-electron chi connectivity index (χ0n) is 26.5. The molecule has 0 aliphatic rings. The van der Waals surface area contributed by atoms with Crippen LogP contribution in [0.2, 0.25) is 0 Å². The lowest BCUT2D eigenvalue weighted by Gasteiger charge is -2.11. The van der Waals surface area contributed by atoms with Crippen molar-refractivity contribution in [2.75, 3.05) is 19.8 Å². The third-order valence-electron chi connectivity index (χ3n) is 4.74. The molecule has 0 spiro atoms. The molecule has 0 heterocycles. The zero-order chi connectivity index (χ0) is 39.1. The number of esters is 3. The molecule has 0 amide bonds. The summed E-state index contributed by atoms with van der Waals surface area (Å²) >= 11 is 0. The van der Waals surface area contributed by atoms with Crippen LogP contribution >= 0.6 is 21.4 Å². The van der Waals surface area contributed by atoms with E-state index in [0.29, 0.717) is 6.07 Å². The normalized spacial score (nSPS) is 11.2. The summed E-state index contributed by atoms with van der Waals surface area (Å²) in [5.74, 6) is -5.10. The first kappa shape index (κ1) is 46.0. The minimum Gasteiger partial charge on any atom is -0.460 e. The average Bonchev–Trinajstić information content (AvgIpc) is 3.01. The first-order chi connectivity index (χ1) is 22.8. The second-order valence-electron chi connectivity index (χ2n) is 8.46. The molecule has 0 fully saturated rings. The van der Waals surface area contributed by atoms with Crippen LogP contribution in [0.3, 0.4) is 0 Å². The quantitative estimate of drug-likeness (QED) is 0.0505. The van der Waals surface area contributed by atoms with E-state index in [1.807, 2.05) is 0 Å². The summed E-state index contributed by atoms with van der Waals surface area (Å²) in [6, 6.07) is 8.32. The van der Waals surface area contributed by atoms with Crippen LogP contribution in [0.15, 0.2) is 92.8 Å². The van der Waals surface area contributed by atoms with Gasteiger partial charge in [-0.05, 0) is 70.3 Å². The van der Waals surface area contributed by atoms with Gasteiger partial charge in [-0.15, -0.1) is 0 Å². The maximum Gasteiger partial charge on any atom is 0.374 e. The smallest absolute Gasteiger partial charge is 0.374 e. The van der Waals surface area contributed by atoms with E-state index in [-0.39, 0.29) is 29.6 Å². The largest absolute Gasteiger partial charge is 0.460 e. The lowest BCUT2D eigenvalue weighted by atomic mass is 10.4. The molecule has 50 heavy (non-hydrogen) atoms. The second-order valence-corrected chi connectivity index (χ2v) is 16.7. The number of Topliss-reactive ketones (excluding diaryl/α,β-unsaturated/α-hetero) is 1. The topological polar surface area (TPSA) is 251 Å². The first-order valence-electron chi connectivity index (χ1n) is 13.2. The van der Waals surface area contributed by atoms with Crippen molar-refractivity contribution in [1.82, 2.24) is 0 Å². The molecular weight excluding hydrogens is 795 g/mol. The fraction of sp³-hybridized carbons (Fsp3) is 0.259. The predicted molar refractivity (Wildman–Crippen MR) is 174 cm³/mol. The van der Waals surface area contributed by atoms with Gasteiger partial charge in [0.1, 0.15) is 9.79 Å². The summed E-state index contributed by atoms with van der Waals surface area (Å²) in [7, 11) is -7.03. The number of benzene rings is 2. The summed E-state index contributed by atoms with van der Waals surface area (Å²) in [5.41, 5.74) is 0. The maximum atomic E-state index is 12.2. The number of halogens is 2. The number of hydrogen-bond acceptors (Lipinski definition) is 17. The summed E-state index contributed by atoms with van der Waals surface area (Å²) in [4.78, 5) is 41.3. The molecule has 0 saturated heterocycles. The van der Waals surface area contributed by atoms with Gasteiger partial charge in [0.2, 0.25) is 17.3 Å². The van der Waals surface area contributed by atoms with Crippen LogP contribution in [-0.2, 0) is 80.1 Å². The molecule has 2 rings (SSSR count). The number of ketones is 1. The molecule has 0 N–H and O–H groups in total. The van der Waals surface area contributed by atoms with Crippen LogP contribution in [0.1, 0.15) is 27.7 Å². The Kier molecular flexibility index (Phi) is 18.4. The maximum absolute atomic E-state index is 12.2. The van der Waals surface area contributed by atoms with Gasteiger partial charge in [0.25, 0.3) is 18.1 Å². The Morgan fingerprint density at radius 3 is 1.10 bits per heavy atom. The molecule has 0 unspecified atom stereocenters. The van der Waals surface area contributed by atoms with Crippen molar-refractivity contribution in [1.29, 1.82) is 0 Å². The van der Waals surface area contributed by atoms with Gasteiger partial charge < -0.3 is 22.6 Å². The van der Waals surface area contributed by atoms with Crippen molar-refractivity contribution in [2.24, 2.45) is 0 Å². The van der Waals surface area contributed by atoms with Crippen LogP contribution in [0.25, 0.3) is 0 Å². The third kappa shape index (κ3) is 16.1. The Balaban J connectivity index is 0.000000896. The molecule has 278 valence electrons. The highest BCUT2D eigenvalue weighted by molar-refractivity contribution is 8.14. The molecule has 0 aromatic heterocycles. The minimum absolute atomic E-state index is 0.0311. The first-order valence-corrected chi connectivity index (χ1v) is 20.7. The van der Waals surface area contributed by atoms with E-state index in [9.17, 15) is 52.8 Å². The summed E-state index contributed by atoms with van der Waals surface area (Å²) < 4.78 is 115. The van der Waals surface area contributed by atoms with E-state index in [1.165, 1.54) is 39.0 Å². The summed E-state index contributed by atoms with van der Waals surface area (Å²) in [6.45, 7) is 12.3. The SMILES string of the molecule is C=C(OS(=O)(=O)c1cccc(S(=O)(=O)OC(=C)C(=O)OCC)c1)C(=O)OCC.CCOC(=O)C(C)=O.O=S(=O)(Cl)c1cccc(S(=O)(=O)Cl)c1. The van der Waals surface area contributed by atoms with E-state index in [4.69, 9.17) is 21.4 Å². The van der Waals surface area contributed by atoms with Crippen LogP contribution in [0.5, 0.6) is 0 Å². The molecule has 0 aliphatic carbocycles. The third-order valence-corrected chi connectivity index (χ3v) is 9.95. The predicted octanol–water partition coefficient (Wildman–Crippen LogP) is 2.93. The Morgan fingerprint density at radius 2 is 0.840 bits per heavy atom. The van der Waals surface area contributed by atoms with Crippen molar-refractivity contribution in [3.63, 3.8) is 0 Å². The molecule has 17 nitrogen and oxygen atoms in total. The Bertz CT molecular complexity index is 1910. The van der Waals surface area contributed by atoms with Gasteiger partial charge >= 0.3 is 38.1 Å². The highest BCUT2D eigenvalue weighted by atomic mass is 35.7. The standard InChI is InChI=1S/C16H18O10S2.C6H4Cl2O4S2.C5H8O3/c1-5-23-15(17)11(3)25-27(19,20)13-8-7-9-14(10-13)28(21,22)26-12(4)16(18)24-6-2;7-13(9,10)5-2-1-3-6(4-5)14(8,11)12;1-3-8-5(7)4(2)6/h7-10H,3-6H2,1-2H3;1-4H;3H2,1-2H3. The van der Waals surface area contributed by atoms with Crippen molar-refractivity contribution >= 4 is 83.4 Å². The summed E-state index contributed by atoms with van der Waals surface area (Å²) in [5, 5.41) is 0. The van der Waals surface area contributed by atoms with Crippen LogP contribution in [0.4, 0.5) is 0 Å². The number of rotatable bonds is 14. The molecule has 23 heteroatoms. The van der Waals surface area contributed by atoms with Gasteiger partial charge in [0.15, 0.2) is 0 Å². The van der Waals surface area contributed by atoms with Gasteiger partial charge in [0.05, 0.1) is 29.6 Å². The summed E-state index contributed by atoms with van der Waals surface area (Å²) in [6.07, 6.45) is 0. The Morgan fingerprint density at radius 1 is 0.560 bits per heavy atom. The molecule has 2 aromatic carbocycles. The Hall–Kier alpha value is -4.02. The van der Waals surface area contributed by atoms with E-state index < -0.39 is 83.3 Å². The fourth-order valence-corrected chi connectivity index (χ4v) is 6.28. The van der Waals surface area contributed by atoms with E-state index >= 15 is 0 Å². The van der Waals surface area contributed by atoms with Crippen LogP contribution in [-0.4, -0.2) is 77.2 Å². The molecule has 0 aliphatic heterocycles. The van der Waals surface area contributed by atoms with Crippen molar-refractivity contribution in [3.8, 4) is 0 Å². The van der Waals surface area contributed by atoms with E-state index in [1.54, 1.807) is 6.92 Å². The van der Waals surface area contributed by atoms with Crippen molar-refractivity contribution in [2.45, 2.75) is 47.3 Å². The minimum atomic E-state index is -4.59. The number of hydrogen-bond donors (Lipinski definition) is 0. The van der Waals surface area contributed by atoms with Crippen LogP contribution in [0, 0.1) is 0 Å².